The number of carbonyl (C=O) groups excluding carboxylic acids is 1. The number of nitrogens with one attached hydrogen (secondary N) is 1. The molecule has 1 aromatic rings. The second kappa shape index (κ2) is 7.05. The van der Waals surface area contributed by atoms with Crippen molar-refractivity contribution in [2.45, 2.75) is 25.7 Å². The van der Waals surface area contributed by atoms with Crippen LogP contribution in [0.25, 0.3) is 6.08 Å². The Hall–Kier alpha value is -1.67. The fourth-order valence-electron chi connectivity index (χ4n) is 2.52. The highest BCUT2D eigenvalue weighted by Gasteiger charge is 2.16. The normalized spacial score (nSPS) is 17.3. The maximum atomic E-state index is 10.8. The standard InChI is InChI=1S/C17H21NO/c1-14(19)6-2-3-7-15-8-4-5-9-17(15)16-10-12-18-13-11-16/h2-9,16,18H,10-13H2,1H3. The molecule has 0 aromatic heterocycles. The van der Waals surface area contributed by atoms with Gasteiger partial charge in [-0.2, -0.15) is 0 Å². The van der Waals surface area contributed by atoms with Gasteiger partial charge in [-0.15, -0.1) is 0 Å². The van der Waals surface area contributed by atoms with Gasteiger partial charge in [0, 0.05) is 0 Å². The van der Waals surface area contributed by atoms with Gasteiger partial charge in [0.2, 0.25) is 0 Å². The third-order valence-electron chi connectivity index (χ3n) is 3.49. The number of hydrogen-bond donors (Lipinski definition) is 1. The van der Waals surface area contributed by atoms with Crippen molar-refractivity contribution in [2.24, 2.45) is 0 Å². The van der Waals surface area contributed by atoms with Crippen molar-refractivity contribution in [1.82, 2.24) is 5.32 Å². The van der Waals surface area contributed by atoms with E-state index in [1.165, 1.54) is 24.0 Å². The number of piperidine rings is 1. The molecule has 2 rings (SSSR count). The Bertz CT molecular complexity index is 482. The molecule has 0 amide bonds. The lowest BCUT2D eigenvalue weighted by molar-refractivity contribution is -0.112. The molecule has 1 aliphatic heterocycles. The van der Waals surface area contributed by atoms with E-state index in [1.807, 2.05) is 12.2 Å². The lowest BCUT2D eigenvalue weighted by atomic mass is 9.87. The van der Waals surface area contributed by atoms with Gasteiger partial charge in [0.05, 0.1) is 0 Å². The van der Waals surface area contributed by atoms with E-state index in [0.29, 0.717) is 5.92 Å². The summed E-state index contributed by atoms with van der Waals surface area (Å²) in [5.41, 5.74) is 2.69. The Morgan fingerprint density at radius 3 is 2.68 bits per heavy atom. The summed E-state index contributed by atoms with van der Waals surface area (Å²) in [4.78, 5) is 10.8. The van der Waals surface area contributed by atoms with Gasteiger partial charge in [-0.05, 0) is 56.0 Å². The first-order chi connectivity index (χ1) is 9.27. The second-order valence-corrected chi connectivity index (χ2v) is 4.98. The molecule has 0 atom stereocenters. The lowest BCUT2D eigenvalue weighted by Gasteiger charge is -2.24. The fourth-order valence-corrected chi connectivity index (χ4v) is 2.52. The van der Waals surface area contributed by atoms with Crippen LogP contribution in [-0.4, -0.2) is 18.9 Å². The average Bonchev–Trinajstić information content (AvgIpc) is 2.45. The molecule has 1 saturated heterocycles. The number of carbonyl (C=O) groups is 1. The summed E-state index contributed by atoms with van der Waals surface area (Å²) in [7, 11) is 0. The zero-order chi connectivity index (χ0) is 13.5. The molecule has 0 saturated carbocycles. The van der Waals surface area contributed by atoms with Crippen LogP contribution >= 0.6 is 0 Å². The van der Waals surface area contributed by atoms with E-state index in [2.05, 4.69) is 35.7 Å². The summed E-state index contributed by atoms with van der Waals surface area (Å²) in [6.45, 7) is 3.77. The Morgan fingerprint density at radius 1 is 1.21 bits per heavy atom. The van der Waals surface area contributed by atoms with Gasteiger partial charge in [0.25, 0.3) is 0 Å². The van der Waals surface area contributed by atoms with Gasteiger partial charge in [-0.1, -0.05) is 42.5 Å². The van der Waals surface area contributed by atoms with Crippen LogP contribution in [0.5, 0.6) is 0 Å². The second-order valence-electron chi connectivity index (χ2n) is 4.98. The van der Waals surface area contributed by atoms with E-state index in [0.717, 1.165) is 13.1 Å². The quantitative estimate of drug-likeness (QED) is 0.660. The number of benzene rings is 1. The minimum Gasteiger partial charge on any atom is -0.317 e. The molecule has 1 fully saturated rings. The zero-order valence-corrected chi connectivity index (χ0v) is 11.4. The Morgan fingerprint density at radius 2 is 1.95 bits per heavy atom. The van der Waals surface area contributed by atoms with E-state index in [-0.39, 0.29) is 5.78 Å². The summed E-state index contributed by atoms with van der Waals surface area (Å²) in [5, 5.41) is 3.40. The van der Waals surface area contributed by atoms with Crippen LogP contribution in [0, 0.1) is 0 Å². The molecule has 1 N–H and O–H groups in total. The van der Waals surface area contributed by atoms with E-state index >= 15 is 0 Å². The molecule has 100 valence electrons. The number of ketones is 1. The monoisotopic (exact) mass is 255 g/mol. The van der Waals surface area contributed by atoms with Crippen molar-refractivity contribution in [3.8, 4) is 0 Å². The fraction of sp³-hybridized carbons (Fsp3) is 0.353. The topological polar surface area (TPSA) is 29.1 Å². The molecular formula is C17H21NO. The molecule has 2 nitrogen and oxygen atoms in total. The maximum Gasteiger partial charge on any atom is 0.152 e. The Labute approximate surface area is 115 Å². The molecule has 19 heavy (non-hydrogen) atoms. The third-order valence-corrected chi connectivity index (χ3v) is 3.49. The zero-order valence-electron chi connectivity index (χ0n) is 11.4. The highest BCUT2D eigenvalue weighted by Crippen LogP contribution is 2.28. The smallest absolute Gasteiger partial charge is 0.152 e. The molecule has 0 spiro atoms. The highest BCUT2D eigenvalue weighted by atomic mass is 16.1. The van der Waals surface area contributed by atoms with Gasteiger partial charge >= 0.3 is 0 Å². The molecule has 1 heterocycles. The predicted octanol–water partition coefficient (Wildman–Crippen LogP) is 3.31. The first-order valence-corrected chi connectivity index (χ1v) is 6.92. The third kappa shape index (κ3) is 4.18. The van der Waals surface area contributed by atoms with Gasteiger partial charge in [-0.3, -0.25) is 4.79 Å². The Kier molecular flexibility index (Phi) is 5.10. The molecule has 1 aliphatic rings. The van der Waals surface area contributed by atoms with E-state index in [9.17, 15) is 4.79 Å². The molecule has 1 aromatic carbocycles. The van der Waals surface area contributed by atoms with Crippen LogP contribution < -0.4 is 5.32 Å². The van der Waals surface area contributed by atoms with Crippen molar-refractivity contribution in [1.29, 1.82) is 0 Å². The first-order valence-electron chi connectivity index (χ1n) is 6.92. The van der Waals surface area contributed by atoms with E-state index < -0.39 is 0 Å². The van der Waals surface area contributed by atoms with Gasteiger partial charge in [-0.25, -0.2) is 0 Å². The minimum absolute atomic E-state index is 0.0799. The van der Waals surface area contributed by atoms with Crippen LogP contribution in [0.1, 0.15) is 36.8 Å². The van der Waals surface area contributed by atoms with Crippen LogP contribution in [0.3, 0.4) is 0 Å². The molecule has 0 bridgehead atoms. The minimum atomic E-state index is 0.0799. The summed E-state index contributed by atoms with van der Waals surface area (Å²) in [5.74, 6) is 0.732. The van der Waals surface area contributed by atoms with Gasteiger partial charge in [0.1, 0.15) is 0 Å². The number of allylic oxidation sites excluding steroid dienone is 3. The predicted molar refractivity (Wildman–Crippen MR) is 80.1 cm³/mol. The van der Waals surface area contributed by atoms with E-state index in [1.54, 1.807) is 13.0 Å². The van der Waals surface area contributed by atoms with Crippen molar-refractivity contribution < 1.29 is 4.79 Å². The summed E-state index contributed by atoms with van der Waals surface area (Å²) in [6, 6.07) is 8.55. The molecule has 2 heteroatoms. The van der Waals surface area contributed by atoms with Crippen molar-refractivity contribution in [3.63, 3.8) is 0 Å². The first kappa shape index (κ1) is 13.8. The summed E-state index contributed by atoms with van der Waals surface area (Å²) < 4.78 is 0. The van der Waals surface area contributed by atoms with Crippen LogP contribution in [0.2, 0.25) is 0 Å². The van der Waals surface area contributed by atoms with Crippen LogP contribution in [0.4, 0.5) is 0 Å². The maximum absolute atomic E-state index is 10.8. The van der Waals surface area contributed by atoms with Crippen molar-refractivity contribution >= 4 is 11.9 Å². The summed E-state index contributed by atoms with van der Waals surface area (Å²) in [6.07, 6.45) is 9.84. The summed E-state index contributed by atoms with van der Waals surface area (Å²) >= 11 is 0. The van der Waals surface area contributed by atoms with Gasteiger partial charge in [0.15, 0.2) is 5.78 Å². The Balaban J connectivity index is 2.13. The van der Waals surface area contributed by atoms with Crippen molar-refractivity contribution in [2.75, 3.05) is 13.1 Å². The largest absolute Gasteiger partial charge is 0.317 e. The van der Waals surface area contributed by atoms with E-state index in [4.69, 9.17) is 0 Å². The van der Waals surface area contributed by atoms with Crippen LogP contribution in [-0.2, 0) is 4.79 Å². The van der Waals surface area contributed by atoms with Crippen LogP contribution in [0.15, 0.2) is 42.5 Å². The number of hydrogen-bond acceptors (Lipinski definition) is 2. The number of rotatable bonds is 4. The molecule has 0 unspecified atom stereocenters. The van der Waals surface area contributed by atoms with Crippen molar-refractivity contribution in [3.05, 3.63) is 53.6 Å². The lowest BCUT2D eigenvalue weighted by Crippen LogP contribution is -2.26. The highest BCUT2D eigenvalue weighted by molar-refractivity contribution is 5.87. The molecule has 0 radical (unpaired) electrons. The molecule has 0 aliphatic carbocycles. The molecular weight excluding hydrogens is 234 g/mol. The SMILES string of the molecule is CC(=O)C=CC=Cc1ccccc1C1CCNCC1. The average molecular weight is 255 g/mol. The van der Waals surface area contributed by atoms with Gasteiger partial charge < -0.3 is 5.32 Å².